The van der Waals surface area contributed by atoms with Gasteiger partial charge in [-0.2, -0.15) is 0 Å². The normalized spacial score (nSPS) is 4.50. The first-order valence-corrected chi connectivity index (χ1v) is 1.41. The summed E-state index contributed by atoms with van der Waals surface area (Å²) in [4.78, 5) is 0. The Morgan fingerprint density at radius 3 is 1.12 bits per heavy atom. The van der Waals surface area contributed by atoms with E-state index in [0.717, 1.165) is 0 Å². The molecule has 0 saturated carbocycles. The van der Waals surface area contributed by atoms with E-state index in [0.29, 0.717) is 0 Å². The summed E-state index contributed by atoms with van der Waals surface area (Å²) in [5.41, 5.74) is 0. The van der Waals surface area contributed by atoms with E-state index in [1.165, 1.54) is 0 Å². The fourth-order valence-electron chi connectivity index (χ4n) is 0. The first-order valence-electron chi connectivity index (χ1n) is 1.41. The van der Waals surface area contributed by atoms with Crippen LogP contribution in [0.3, 0.4) is 0 Å². The second-order valence-corrected chi connectivity index (χ2v) is 1.09. The Bertz CT molecular complexity index is 22.0. The molecule has 0 aromatic carbocycles. The zero-order valence-corrected chi connectivity index (χ0v) is 10.4. The number of halogens is 2. The van der Waals surface area contributed by atoms with Gasteiger partial charge in [0.25, 0.3) is 0 Å². The summed E-state index contributed by atoms with van der Waals surface area (Å²) in [5.74, 6) is 0. The van der Waals surface area contributed by atoms with Crippen LogP contribution in [0, 0.1) is 0 Å². The Labute approximate surface area is 118 Å². The average Bonchev–Trinajstić information content (AvgIpc) is 0.811. The van der Waals surface area contributed by atoms with Gasteiger partial charge in [-0.3, -0.25) is 0 Å². The minimum Gasteiger partial charge on any atom is -1.00 e. The molecule has 0 radical (unpaired) electrons. The van der Waals surface area contributed by atoms with E-state index >= 15 is 0 Å². The quantitative estimate of drug-likeness (QED) is 0.364. The van der Waals surface area contributed by atoms with Crippen LogP contribution in [0.4, 0.5) is 0 Å². The first-order chi connectivity index (χ1) is 1.73. The second-order valence-electron chi connectivity index (χ2n) is 1.09. The van der Waals surface area contributed by atoms with Gasteiger partial charge in [-0.1, -0.05) is 0 Å². The first kappa shape index (κ1) is 30.9. The standard InChI is InChI=1S/C3H8O.2ClH.K.Li/c1-3(2)4;;;;/h3-4H,1-2H3;2*1H;;/q;;;2*+1/p-2. The van der Waals surface area contributed by atoms with Gasteiger partial charge in [-0.15, -0.1) is 0 Å². The molecule has 8 heavy (non-hydrogen) atoms. The van der Waals surface area contributed by atoms with Gasteiger partial charge in [0.15, 0.2) is 0 Å². The molecule has 0 fully saturated rings. The van der Waals surface area contributed by atoms with Gasteiger partial charge in [-0.25, -0.2) is 0 Å². The molecule has 0 rings (SSSR count). The topological polar surface area (TPSA) is 20.2 Å². The molecule has 5 heteroatoms. The van der Waals surface area contributed by atoms with Crippen molar-refractivity contribution in [3.63, 3.8) is 0 Å². The average molecular weight is 177 g/mol. The van der Waals surface area contributed by atoms with Crippen molar-refractivity contribution in [3.05, 3.63) is 0 Å². The number of aliphatic hydroxyl groups is 1. The molecule has 0 bridgehead atoms. The number of hydrogen-bond acceptors (Lipinski definition) is 1. The molecule has 0 atom stereocenters. The van der Waals surface area contributed by atoms with Gasteiger partial charge in [0.2, 0.25) is 0 Å². The number of hydrogen-bond donors (Lipinski definition) is 1. The minimum absolute atomic E-state index is 0. The Morgan fingerprint density at radius 1 is 1.12 bits per heavy atom. The second kappa shape index (κ2) is 22.6. The molecule has 1 nitrogen and oxygen atoms in total. The smallest absolute Gasteiger partial charge is 1.00 e. The molecule has 0 aromatic heterocycles. The maximum absolute atomic E-state index is 8.06. The van der Waals surface area contributed by atoms with E-state index in [4.69, 9.17) is 5.11 Å². The molecule has 0 spiro atoms. The molecule has 0 saturated heterocycles. The van der Waals surface area contributed by atoms with Crippen LogP contribution in [-0.4, -0.2) is 11.2 Å². The van der Waals surface area contributed by atoms with Crippen LogP contribution in [0.15, 0.2) is 0 Å². The van der Waals surface area contributed by atoms with Crippen LogP contribution in [0.1, 0.15) is 13.8 Å². The van der Waals surface area contributed by atoms with E-state index in [2.05, 4.69) is 0 Å². The molecule has 0 aliphatic rings. The van der Waals surface area contributed by atoms with E-state index in [1.54, 1.807) is 13.8 Å². The summed E-state index contributed by atoms with van der Waals surface area (Å²) in [5, 5.41) is 8.06. The Balaban J connectivity index is -0.00000000750. The van der Waals surface area contributed by atoms with Gasteiger partial charge in [0.05, 0.1) is 0 Å². The maximum atomic E-state index is 8.06. The zero-order chi connectivity index (χ0) is 3.58. The Hall–Kier alpha value is 2.77. The van der Waals surface area contributed by atoms with E-state index in [-0.39, 0.29) is 101 Å². The summed E-state index contributed by atoms with van der Waals surface area (Å²) in [6.07, 6.45) is -0.167. The molecule has 0 amide bonds. The van der Waals surface area contributed by atoms with Crippen LogP contribution in [0.25, 0.3) is 0 Å². The van der Waals surface area contributed by atoms with E-state index in [9.17, 15) is 0 Å². The van der Waals surface area contributed by atoms with Gasteiger partial charge >= 0.3 is 70.2 Å². The molecule has 42 valence electrons. The molecule has 1 N–H and O–H groups in total. The number of rotatable bonds is 0. The SMILES string of the molecule is CC(C)O.[Cl-].[Cl-].[K+].[Li+]. The van der Waals surface area contributed by atoms with Crippen molar-refractivity contribution in [2.75, 3.05) is 0 Å². The van der Waals surface area contributed by atoms with Crippen LogP contribution in [0.5, 0.6) is 0 Å². The fourth-order valence-corrected chi connectivity index (χ4v) is 0. The van der Waals surface area contributed by atoms with Crippen molar-refractivity contribution in [1.29, 1.82) is 0 Å². The van der Waals surface area contributed by atoms with Crippen molar-refractivity contribution in [3.8, 4) is 0 Å². The van der Waals surface area contributed by atoms with Gasteiger partial charge in [0, 0.05) is 6.10 Å². The summed E-state index contributed by atoms with van der Waals surface area (Å²) in [6.45, 7) is 3.44. The number of aliphatic hydroxyl groups excluding tert-OH is 1. The third-order valence-electron chi connectivity index (χ3n) is 0. The molecule has 0 aromatic rings. The summed E-state index contributed by atoms with van der Waals surface area (Å²) in [7, 11) is 0. The molecule has 0 unspecified atom stereocenters. The molecular formula is C3H8Cl2KLiO. The van der Waals surface area contributed by atoms with Crippen LogP contribution < -0.4 is 95.1 Å². The van der Waals surface area contributed by atoms with E-state index < -0.39 is 0 Å². The Morgan fingerprint density at radius 2 is 1.12 bits per heavy atom. The van der Waals surface area contributed by atoms with Crippen molar-refractivity contribution < 1.29 is 100 Å². The minimum atomic E-state index is -0.167. The van der Waals surface area contributed by atoms with Crippen molar-refractivity contribution in [1.82, 2.24) is 0 Å². The summed E-state index contributed by atoms with van der Waals surface area (Å²) >= 11 is 0. The molecule has 0 aliphatic heterocycles. The predicted molar refractivity (Wildman–Crippen MR) is 17.4 cm³/mol. The van der Waals surface area contributed by atoms with Crippen LogP contribution in [-0.2, 0) is 0 Å². The molecular weight excluding hydrogens is 169 g/mol. The third kappa shape index (κ3) is 68.9. The van der Waals surface area contributed by atoms with Crippen molar-refractivity contribution >= 4 is 0 Å². The van der Waals surface area contributed by atoms with Crippen LogP contribution >= 0.6 is 0 Å². The molecule has 0 aliphatic carbocycles. The van der Waals surface area contributed by atoms with Crippen molar-refractivity contribution in [2.45, 2.75) is 20.0 Å². The van der Waals surface area contributed by atoms with Gasteiger partial charge in [-0.05, 0) is 13.8 Å². The Kier molecular flexibility index (Phi) is 87.1. The maximum Gasteiger partial charge on any atom is 1.00 e. The van der Waals surface area contributed by atoms with E-state index in [1.807, 2.05) is 0 Å². The van der Waals surface area contributed by atoms with Crippen LogP contribution in [0.2, 0.25) is 0 Å². The monoisotopic (exact) mass is 176 g/mol. The molecule has 0 heterocycles. The van der Waals surface area contributed by atoms with Gasteiger partial charge < -0.3 is 29.9 Å². The predicted octanol–water partition coefficient (Wildman–Crippen LogP) is -11.6. The van der Waals surface area contributed by atoms with Crippen molar-refractivity contribution in [2.24, 2.45) is 0 Å². The zero-order valence-electron chi connectivity index (χ0n) is 5.78. The summed E-state index contributed by atoms with van der Waals surface area (Å²) in [6, 6.07) is 0. The fraction of sp³-hybridized carbons (Fsp3) is 1.00. The largest absolute Gasteiger partial charge is 1.00 e. The summed E-state index contributed by atoms with van der Waals surface area (Å²) < 4.78 is 0. The third-order valence-corrected chi connectivity index (χ3v) is 0. The van der Waals surface area contributed by atoms with Gasteiger partial charge in [0.1, 0.15) is 0 Å².